The Kier molecular flexibility index (Phi) is 3.04. The molecule has 6 heteroatoms. The Morgan fingerprint density at radius 1 is 1.15 bits per heavy atom. The van der Waals surface area contributed by atoms with Crippen LogP contribution >= 0.6 is 11.6 Å². The topological polar surface area (TPSA) is 66.9 Å². The Bertz CT molecular complexity index is 851. The predicted octanol–water partition coefficient (Wildman–Crippen LogP) is 3.06. The molecule has 1 aromatic heterocycles. The second-order valence-corrected chi connectivity index (χ2v) is 4.66. The summed E-state index contributed by atoms with van der Waals surface area (Å²) >= 11 is 5.85. The second-order valence-electron chi connectivity index (χ2n) is 4.22. The van der Waals surface area contributed by atoms with Crippen LogP contribution in [0.1, 0.15) is 0 Å². The van der Waals surface area contributed by atoms with Gasteiger partial charge in [0.25, 0.3) is 0 Å². The molecule has 0 aliphatic carbocycles. The molecule has 2 N–H and O–H groups in total. The maximum atomic E-state index is 12.2. The standard InChI is InChI=1S/C14H10ClN3O2/c15-9-4-3-5-10(8-9)16-13(19)18-12-7-2-1-6-11(12)17-14(18)20/h1-8H,(H,16,19)(H,17,20). The van der Waals surface area contributed by atoms with Gasteiger partial charge < -0.3 is 10.3 Å². The molecular weight excluding hydrogens is 278 g/mol. The zero-order valence-electron chi connectivity index (χ0n) is 10.3. The van der Waals surface area contributed by atoms with Crippen LogP contribution in [0.3, 0.4) is 0 Å². The first-order valence-corrected chi connectivity index (χ1v) is 6.29. The van der Waals surface area contributed by atoms with Gasteiger partial charge in [-0.3, -0.25) is 0 Å². The molecule has 0 aliphatic rings. The van der Waals surface area contributed by atoms with E-state index >= 15 is 0 Å². The third-order valence-corrected chi connectivity index (χ3v) is 3.10. The number of nitrogens with one attached hydrogen (secondary N) is 2. The number of aromatic amines is 1. The van der Waals surface area contributed by atoms with Gasteiger partial charge in [-0.1, -0.05) is 29.8 Å². The first kappa shape index (κ1) is 12.5. The summed E-state index contributed by atoms with van der Waals surface area (Å²) in [6.07, 6.45) is 0. The summed E-state index contributed by atoms with van der Waals surface area (Å²) in [6, 6.07) is 13.2. The van der Waals surface area contributed by atoms with E-state index in [1.54, 1.807) is 48.5 Å². The van der Waals surface area contributed by atoms with Gasteiger partial charge in [-0.2, -0.15) is 0 Å². The van der Waals surface area contributed by atoms with Crippen LogP contribution in [-0.4, -0.2) is 15.6 Å². The fraction of sp³-hybridized carbons (Fsp3) is 0. The third kappa shape index (κ3) is 2.19. The molecule has 2 aromatic carbocycles. The SMILES string of the molecule is O=C(Nc1cccc(Cl)c1)n1c(=O)[nH]c2ccccc21. The van der Waals surface area contributed by atoms with E-state index in [0.29, 0.717) is 21.7 Å². The number of nitrogens with zero attached hydrogens (tertiary/aromatic N) is 1. The lowest BCUT2D eigenvalue weighted by Gasteiger charge is -2.06. The van der Waals surface area contributed by atoms with Crippen molar-refractivity contribution in [2.45, 2.75) is 0 Å². The van der Waals surface area contributed by atoms with Crippen molar-refractivity contribution >= 4 is 34.4 Å². The molecule has 3 rings (SSSR count). The minimum atomic E-state index is -0.533. The number of H-pyrrole nitrogens is 1. The number of hydrogen-bond donors (Lipinski definition) is 2. The Morgan fingerprint density at radius 3 is 2.75 bits per heavy atom. The highest BCUT2D eigenvalue weighted by atomic mass is 35.5. The molecule has 0 spiro atoms. The van der Waals surface area contributed by atoms with E-state index in [1.165, 1.54) is 0 Å². The van der Waals surface area contributed by atoms with Crippen LogP contribution in [-0.2, 0) is 0 Å². The number of carbonyl (C=O) groups is 1. The smallest absolute Gasteiger partial charge is 0.307 e. The van der Waals surface area contributed by atoms with Crippen LogP contribution in [0.2, 0.25) is 5.02 Å². The normalized spacial score (nSPS) is 10.7. The molecular formula is C14H10ClN3O2. The highest BCUT2D eigenvalue weighted by Crippen LogP contribution is 2.16. The number of hydrogen-bond acceptors (Lipinski definition) is 2. The Labute approximate surface area is 118 Å². The molecule has 1 heterocycles. The number of benzene rings is 2. The average molecular weight is 288 g/mol. The van der Waals surface area contributed by atoms with Crippen molar-refractivity contribution in [1.29, 1.82) is 0 Å². The number of para-hydroxylation sites is 2. The van der Waals surface area contributed by atoms with Gasteiger partial charge in [-0.15, -0.1) is 0 Å². The van der Waals surface area contributed by atoms with Crippen molar-refractivity contribution in [1.82, 2.24) is 9.55 Å². The number of anilines is 1. The second kappa shape index (κ2) is 4.86. The Hall–Kier alpha value is -2.53. The quantitative estimate of drug-likeness (QED) is 0.722. The third-order valence-electron chi connectivity index (χ3n) is 2.87. The summed E-state index contributed by atoms with van der Waals surface area (Å²) in [5.41, 5.74) is 1.18. The van der Waals surface area contributed by atoms with E-state index in [2.05, 4.69) is 10.3 Å². The Morgan fingerprint density at radius 2 is 1.95 bits per heavy atom. The number of imidazole rings is 1. The Balaban J connectivity index is 2.01. The molecule has 5 nitrogen and oxygen atoms in total. The maximum Gasteiger partial charge on any atom is 0.334 e. The fourth-order valence-electron chi connectivity index (χ4n) is 2.00. The largest absolute Gasteiger partial charge is 0.334 e. The highest BCUT2D eigenvalue weighted by molar-refractivity contribution is 6.30. The van der Waals surface area contributed by atoms with Gasteiger partial charge in [0.1, 0.15) is 0 Å². The van der Waals surface area contributed by atoms with Crippen molar-refractivity contribution in [3.63, 3.8) is 0 Å². The zero-order chi connectivity index (χ0) is 14.1. The average Bonchev–Trinajstić information content (AvgIpc) is 2.74. The molecule has 0 radical (unpaired) electrons. The van der Waals surface area contributed by atoms with Crippen LogP contribution in [0, 0.1) is 0 Å². The monoisotopic (exact) mass is 287 g/mol. The summed E-state index contributed by atoms with van der Waals surface area (Å²) < 4.78 is 1.05. The number of fused-ring (bicyclic) bond motifs is 1. The summed E-state index contributed by atoms with van der Waals surface area (Å²) in [5.74, 6) is 0. The molecule has 1 amide bonds. The minimum absolute atomic E-state index is 0.481. The first-order valence-electron chi connectivity index (χ1n) is 5.92. The van der Waals surface area contributed by atoms with Crippen LogP contribution in [0.5, 0.6) is 0 Å². The molecule has 20 heavy (non-hydrogen) atoms. The van der Waals surface area contributed by atoms with E-state index in [0.717, 1.165) is 4.57 Å². The van der Waals surface area contributed by atoms with Gasteiger partial charge in [0.15, 0.2) is 0 Å². The van der Waals surface area contributed by atoms with Gasteiger partial charge in [0.2, 0.25) is 0 Å². The molecule has 0 saturated carbocycles. The summed E-state index contributed by atoms with van der Waals surface area (Å²) in [5, 5.41) is 3.15. The van der Waals surface area contributed by atoms with Crippen molar-refractivity contribution in [3.05, 3.63) is 64.0 Å². The molecule has 0 aliphatic heterocycles. The van der Waals surface area contributed by atoms with Gasteiger partial charge in [0, 0.05) is 10.7 Å². The van der Waals surface area contributed by atoms with Crippen LogP contribution < -0.4 is 11.0 Å². The number of amides is 1. The molecule has 100 valence electrons. The van der Waals surface area contributed by atoms with E-state index in [4.69, 9.17) is 11.6 Å². The first-order chi connectivity index (χ1) is 9.65. The molecule has 0 fully saturated rings. The van der Waals surface area contributed by atoms with Crippen molar-refractivity contribution in [2.24, 2.45) is 0 Å². The van der Waals surface area contributed by atoms with Crippen LogP contribution in [0.15, 0.2) is 53.3 Å². The molecule has 3 aromatic rings. The van der Waals surface area contributed by atoms with E-state index in [9.17, 15) is 9.59 Å². The molecule has 0 atom stereocenters. The van der Waals surface area contributed by atoms with Gasteiger partial charge in [-0.25, -0.2) is 14.2 Å². The predicted molar refractivity (Wildman–Crippen MR) is 78.4 cm³/mol. The highest BCUT2D eigenvalue weighted by Gasteiger charge is 2.13. The lowest BCUT2D eigenvalue weighted by atomic mass is 10.3. The molecule has 0 unspecified atom stereocenters. The number of aromatic nitrogens is 2. The van der Waals surface area contributed by atoms with E-state index in [-0.39, 0.29) is 0 Å². The van der Waals surface area contributed by atoms with Gasteiger partial charge in [0.05, 0.1) is 11.0 Å². The number of carbonyl (C=O) groups excluding carboxylic acids is 1. The van der Waals surface area contributed by atoms with Gasteiger partial charge in [-0.05, 0) is 30.3 Å². The van der Waals surface area contributed by atoms with Crippen LogP contribution in [0.25, 0.3) is 11.0 Å². The summed E-state index contributed by atoms with van der Waals surface area (Å²) in [7, 11) is 0. The van der Waals surface area contributed by atoms with Crippen molar-refractivity contribution < 1.29 is 4.79 Å². The lowest BCUT2D eigenvalue weighted by molar-refractivity contribution is 0.253. The molecule has 0 bridgehead atoms. The number of rotatable bonds is 1. The van der Waals surface area contributed by atoms with E-state index in [1.807, 2.05) is 0 Å². The fourth-order valence-corrected chi connectivity index (χ4v) is 2.19. The molecule has 0 saturated heterocycles. The maximum absolute atomic E-state index is 12.2. The summed E-state index contributed by atoms with van der Waals surface area (Å²) in [4.78, 5) is 26.7. The lowest BCUT2D eigenvalue weighted by Crippen LogP contribution is -2.29. The van der Waals surface area contributed by atoms with Crippen molar-refractivity contribution in [3.8, 4) is 0 Å². The van der Waals surface area contributed by atoms with Crippen molar-refractivity contribution in [2.75, 3.05) is 5.32 Å². The number of halogens is 1. The van der Waals surface area contributed by atoms with E-state index < -0.39 is 11.7 Å². The van der Waals surface area contributed by atoms with Crippen LogP contribution in [0.4, 0.5) is 10.5 Å². The summed E-state index contributed by atoms with van der Waals surface area (Å²) in [6.45, 7) is 0. The zero-order valence-corrected chi connectivity index (χ0v) is 11.0. The minimum Gasteiger partial charge on any atom is -0.307 e. The van der Waals surface area contributed by atoms with Gasteiger partial charge >= 0.3 is 11.7 Å².